The normalized spacial score (nSPS) is 11.8. The van der Waals surface area contributed by atoms with E-state index in [9.17, 15) is 13.2 Å². The number of nitrogens with zero attached hydrogens (tertiary/aromatic N) is 3. The van der Waals surface area contributed by atoms with Crippen molar-refractivity contribution >= 4 is 0 Å². The fraction of sp³-hybridized carbons (Fsp3) is 0.300. The van der Waals surface area contributed by atoms with Crippen LogP contribution in [0.3, 0.4) is 0 Å². The molecule has 96 valence electrons. The smallest absolute Gasteiger partial charge is 0.390 e. The molecule has 0 aliphatic heterocycles. The topological polar surface area (TPSA) is 72.0 Å². The van der Waals surface area contributed by atoms with Gasteiger partial charge in [-0.25, -0.2) is 0 Å². The zero-order valence-corrected chi connectivity index (χ0v) is 9.19. The SMILES string of the molecule is Cc1cc(-c2noc(C(F)(F)F)n2)cnc1CO. The van der Waals surface area contributed by atoms with Crippen LogP contribution in [0.25, 0.3) is 11.4 Å². The van der Waals surface area contributed by atoms with E-state index in [4.69, 9.17) is 5.11 Å². The Morgan fingerprint density at radius 2 is 2.11 bits per heavy atom. The third-order valence-electron chi connectivity index (χ3n) is 2.26. The molecule has 0 aromatic carbocycles. The van der Waals surface area contributed by atoms with Crippen LogP contribution < -0.4 is 0 Å². The first-order valence-corrected chi connectivity index (χ1v) is 4.89. The molecular weight excluding hydrogens is 251 g/mol. The first kappa shape index (κ1) is 12.5. The summed E-state index contributed by atoms with van der Waals surface area (Å²) in [6.07, 6.45) is -3.39. The Labute approximate surface area is 99.3 Å². The van der Waals surface area contributed by atoms with Crippen molar-refractivity contribution in [2.45, 2.75) is 19.7 Å². The maximum absolute atomic E-state index is 12.3. The molecule has 5 nitrogen and oxygen atoms in total. The van der Waals surface area contributed by atoms with Gasteiger partial charge in [-0.3, -0.25) is 4.98 Å². The number of rotatable bonds is 2. The summed E-state index contributed by atoms with van der Waals surface area (Å²) in [5.74, 6) is -1.59. The standard InChI is InChI=1S/C10H8F3N3O2/c1-5-2-6(3-14-7(5)4-17)8-15-9(18-16-8)10(11,12)13/h2-3,17H,4H2,1H3. The van der Waals surface area contributed by atoms with Gasteiger partial charge in [-0.15, -0.1) is 0 Å². The van der Waals surface area contributed by atoms with Gasteiger partial charge in [-0.2, -0.15) is 18.2 Å². The van der Waals surface area contributed by atoms with Gasteiger partial charge in [0.2, 0.25) is 5.82 Å². The van der Waals surface area contributed by atoms with Gasteiger partial charge in [0.05, 0.1) is 12.3 Å². The number of aromatic nitrogens is 3. The minimum absolute atomic E-state index is 0.192. The predicted octanol–water partition coefficient (Wildman–Crippen LogP) is 1.95. The second-order valence-corrected chi connectivity index (χ2v) is 3.57. The molecule has 0 aliphatic carbocycles. The first-order chi connectivity index (χ1) is 8.41. The van der Waals surface area contributed by atoms with Crippen molar-refractivity contribution in [3.8, 4) is 11.4 Å². The van der Waals surface area contributed by atoms with E-state index in [1.165, 1.54) is 12.3 Å². The Morgan fingerprint density at radius 3 is 2.61 bits per heavy atom. The summed E-state index contributed by atoms with van der Waals surface area (Å²) in [6.45, 7) is 1.43. The minimum atomic E-state index is -4.67. The van der Waals surface area contributed by atoms with Gasteiger partial charge < -0.3 is 9.63 Å². The molecule has 1 N–H and O–H groups in total. The van der Waals surface area contributed by atoms with Crippen molar-refractivity contribution < 1.29 is 22.8 Å². The average molecular weight is 259 g/mol. The van der Waals surface area contributed by atoms with E-state index in [0.717, 1.165) is 0 Å². The lowest BCUT2D eigenvalue weighted by atomic mass is 10.1. The Hall–Kier alpha value is -1.96. The molecule has 18 heavy (non-hydrogen) atoms. The van der Waals surface area contributed by atoms with Crippen LogP contribution in [0.5, 0.6) is 0 Å². The van der Waals surface area contributed by atoms with E-state index in [2.05, 4.69) is 19.6 Å². The fourth-order valence-corrected chi connectivity index (χ4v) is 1.35. The predicted molar refractivity (Wildman–Crippen MR) is 53.2 cm³/mol. The third kappa shape index (κ3) is 2.33. The fourth-order valence-electron chi connectivity index (χ4n) is 1.35. The number of hydrogen-bond donors (Lipinski definition) is 1. The van der Waals surface area contributed by atoms with Crippen LogP contribution in [-0.2, 0) is 12.8 Å². The van der Waals surface area contributed by atoms with Gasteiger partial charge in [0.25, 0.3) is 0 Å². The highest BCUT2D eigenvalue weighted by Gasteiger charge is 2.38. The molecule has 0 saturated carbocycles. The molecule has 0 radical (unpaired) electrons. The number of aryl methyl sites for hydroxylation is 1. The van der Waals surface area contributed by atoms with Gasteiger partial charge in [0.1, 0.15) is 0 Å². The van der Waals surface area contributed by atoms with Crippen LogP contribution in [-0.4, -0.2) is 20.2 Å². The molecular formula is C10H8F3N3O2. The average Bonchev–Trinajstić information content (AvgIpc) is 2.77. The number of aliphatic hydroxyl groups is 1. The molecule has 2 rings (SSSR count). The van der Waals surface area contributed by atoms with Crippen LogP contribution in [0.4, 0.5) is 13.2 Å². The Kier molecular flexibility index (Phi) is 3.04. The highest BCUT2D eigenvalue weighted by atomic mass is 19.4. The van der Waals surface area contributed by atoms with Crippen LogP contribution in [0.1, 0.15) is 17.1 Å². The molecule has 0 saturated heterocycles. The van der Waals surface area contributed by atoms with Crippen molar-refractivity contribution in [3.05, 3.63) is 29.4 Å². The monoisotopic (exact) mass is 259 g/mol. The molecule has 0 unspecified atom stereocenters. The summed E-state index contributed by atoms with van der Waals surface area (Å²) in [4.78, 5) is 7.13. The van der Waals surface area contributed by atoms with E-state index < -0.39 is 12.1 Å². The Morgan fingerprint density at radius 1 is 1.39 bits per heavy atom. The quantitative estimate of drug-likeness (QED) is 0.892. The van der Waals surface area contributed by atoms with Crippen LogP contribution in [0.2, 0.25) is 0 Å². The summed E-state index contributed by atoms with van der Waals surface area (Å²) in [5.41, 5.74) is 1.37. The maximum Gasteiger partial charge on any atom is 0.471 e. The zero-order valence-electron chi connectivity index (χ0n) is 9.19. The van der Waals surface area contributed by atoms with Gasteiger partial charge in [0, 0.05) is 11.8 Å². The van der Waals surface area contributed by atoms with E-state index in [-0.39, 0.29) is 12.4 Å². The summed E-state index contributed by atoms with van der Waals surface area (Å²) in [6, 6.07) is 1.53. The molecule has 0 amide bonds. The largest absolute Gasteiger partial charge is 0.471 e. The minimum Gasteiger partial charge on any atom is -0.390 e. The molecule has 0 bridgehead atoms. The van der Waals surface area contributed by atoms with Crippen molar-refractivity contribution in [2.24, 2.45) is 0 Å². The van der Waals surface area contributed by atoms with Gasteiger partial charge >= 0.3 is 12.1 Å². The summed E-state index contributed by atoms with van der Waals surface area (Å²) >= 11 is 0. The molecule has 2 aromatic rings. The summed E-state index contributed by atoms with van der Waals surface area (Å²) in [5, 5.41) is 12.2. The molecule has 8 heteroatoms. The summed E-state index contributed by atoms with van der Waals surface area (Å²) in [7, 11) is 0. The van der Waals surface area contributed by atoms with Crippen LogP contribution >= 0.6 is 0 Å². The van der Waals surface area contributed by atoms with Crippen molar-refractivity contribution in [2.75, 3.05) is 0 Å². The van der Waals surface area contributed by atoms with E-state index in [1.807, 2.05) is 0 Å². The van der Waals surface area contributed by atoms with E-state index in [0.29, 0.717) is 16.8 Å². The van der Waals surface area contributed by atoms with Crippen LogP contribution in [0.15, 0.2) is 16.8 Å². The van der Waals surface area contributed by atoms with Gasteiger partial charge in [-0.05, 0) is 18.6 Å². The van der Waals surface area contributed by atoms with E-state index >= 15 is 0 Å². The number of hydrogen-bond acceptors (Lipinski definition) is 5. The van der Waals surface area contributed by atoms with Gasteiger partial charge in [-0.1, -0.05) is 5.16 Å². The lowest BCUT2D eigenvalue weighted by Crippen LogP contribution is -2.04. The molecule has 0 atom stereocenters. The van der Waals surface area contributed by atoms with Crippen molar-refractivity contribution in [1.82, 2.24) is 15.1 Å². The number of alkyl halides is 3. The lowest BCUT2D eigenvalue weighted by molar-refractivity contribution is -0.159. The van der Waals surface area contributed by atoms with Crippen molar-refractivity contribution in [3.63, 3.8) is 0 Å². The molecule has 0 fully saturated rings. The third-order valence-corrected chi connectivity index (χ3v) is 2.26. The second kappa shape index (κ2) is 4.37. The number of halogens is 3. The van der Waals surface area contributed by atoms with Crippen LogP contribution in [0, 0.1) is 6.92 Å². The molecule has 2 heterocycles. The van der Waals surface area contributed by atoms with E-state index in [1.54, 1.807) is 6.92 Å². The molecule has 0 aliphatic rings. The number of pyridine rings is 1. The summed E-state index contributed by atoms with van der Waals surface area (Å²) < 4.78 is 40.9. The second-order valence-electron chi connectivity index (χ2n) is 3.57. The van der Waals surface area contributed by atoms with Crippen molar-refractivity contribution in [1.29, 1.82) is 0 Å². The lowest BCUT2D eigenvalue weighted by Gasteiger charge is -2.02. The highest BCUT2D eigenvalue weighted by molar-refractivity contribution is 5.54. The Balaban J connectivity index is 2.38. The first-order valence-electron chi connectivity index (χ1n) is 4.89. The highest BCUT2D eigenvalue weighted by Crippen LogP contribution is 2.29. The Bertz CT molecular complexity index is 566. The molecule has 2 aromatic heterocycles. The van der Waals surface area contributed by atoms with Gasteiger partial charge in [0.15, 0.2) is 0 Å². The zero-order chi connectivity index (χ0) is 13.3. The number of aliphatic hydroxyl groups excluding tert-OH is 1. The maximum atomic E-state index is 12.3. The molecule has 0 spiro atoms.